The topological polar surface area (TPSA) is 71.5 Å². The number of sulfone groups is 1. The summed E-state index contributed by atoms with van der Waals surface area (Å²) in [5.74, 6) is -0.209. The minimum absolute atomic E-state index is 0.230. The van der Waals surface area contributed by atoms with E-state index < -0.39 is 14.6 Å². The number of hydrogen-bond acceptors (Lipinski definition) is 4. The fourth-order valence-corrected chi connectivity index (χ4v) is 4.22. The number of fused-ring (bicyclic) bond motifs is 1. The van der Waals surface area contributed by atoms with Gasteiger partial charge in [-0.25, -0.2) is 8.42 Å². The maximum atomic E-state index is 12.0. The monoisotopic (exact) mass is 379 g/mol. The zero-order valence-electron chi connectivity index (χ0n) is 16.2. The highest BCUT2D eigenvalue weighted by Gasteiger charge is 2.32. The van der Waals surface area contributed by atoms with E-state index in [1.165, 1.54) is 7.05 Å². The van der Waals surface area contributed by atoms with Crippen LogP contribution in [0.25, 0.3) is 0 Å². The predicted molar refractivity (Wildman–Crippen MR) is 103 cm³/mol. The quantitative estimate of drug-likeness (QED) is 0.511. The van der Waals surface area contributed by atoms with Crippen molar-refractivity contribution in [2.24, 2.45) is 0 Å². The van der Waals surface area contributed by atoms with E-state index >= 15 is 0 Å². The Kier molecular flexibility index (Phi) is 6.27. The van der Waals surface area contributed by atoms with Crippen molar-refractivity contribution in [2.75, 3.05) is 12.8 Å². The van der Waals surface area contributed by atoms with Crippen LogP contribution in [0.4, 0.5) is 0 Å². The summed E-state index contributed by atoms with van der Waals surface area (Å²) in [6, 6.07) is 5.49. The summed E-state index contributed by atoms with van der Waals surface area (Å²) in [5, 5.41) is 0. The van der Waals surface area contributed by atoms with Crippen molar-refractivity contribution in [1.82, 2.24) is 4.90 Å². The Morgan fingerprint density at radius 2 is 1.46 bits per heavy atom. The van der Waals surface area contributed by atoms with Gasteiger partial charge in [0.2, 0.25) is 0 Å². The van der Waals surface area contributed by atoms with Crippen molar-refractivity contribution in [2.45, 2.75) is 64.0 Å². The molecule has 0 aliphatic carbocycles. The van der Waals surface area contributed by atoms with Crippen LogP contribution in [-0.4, -0.2) is 42.7 Å². The van der Waals surface area contributed by atoms with Gasteiger partial charge in [0.25, 0.3) is 11.8 Å². The number of hydrogen-bond donors (Lipinski definition) is 0. The molecule has 0 radical (unpaired) electrons. The number of nitrogens with zero attached hydrogens (tertiary/aromatic N) is 1. The molecule has 0 fully saturated rings. The van der Waals surface area contributed by atoms with Gasteiger partial charge in [-0.1, -0.05) is 25.3 Å². The van der Waals surface area contributed by atoms with E-state index in [2.05, 4.69) is 0 Å². The van der Waals surface area contributed by atoms with Gasteiger partial charge in [-0.05, 0) is 57.7 Å². The normalized spacial score (nSPS) is 14.8. The maximum Gasteiger partial charge on any atom is 0.261 e. The molecular formula is C20H29NO4S. The Labute approximate surface area is 156 Å². The third-order valence-electron chi connectivity index (χ3n) is 4.97. The van der Waals surface area contributed by atoms with Crippen molar-refractivity contribution in [3.63, 3.8) is 0 Å². The summed E-state index contributed by atoms with van der Waals surface area (Å²) >= 11 is 0. The number of amides is 2. The van der Waals surface area contributed by atoms with Gasteiger partial charge >= 0.3 is 0 Å². The van der Waals surface area contributed by atoms with E-state index in [-0.39, 0.29) is 17.6 Å². The number of rotatable bonds is 8. The molecule has 2 amide bonds. The van der Waals surface area contributed by atoms with E-state index in [4.69, 9.17) is 0 Å². The molecule has 0 unspecified atom stereocenters. The number of unbranched alkanes of at least 4 members (excludes halogenated alkanes) is 4. The summed E-state index contributed by atoms with van der Waals surface area (Å²) < 4.78 is 23.4. The second-order valence-electron chi connectivity index (χ2n) is 8.00. The Bertz CT molecular complexity index is 791. The number of benzene rings is 1. The molecule has 0 N–H and O–H groups in total. The molecule has 1 heterocycles. The average molecular weight is 380 g/mol. The SMILES string of the molecule is CN1C(=O)c2ccc(CCCCCCCS(=O)(=O)C(C)(C)C)cc2C1=O. The Balaban J connectivity index is 1.72. The summed E-state index contributed by atoms with van der Waals surface area (Å²) in [6.45, 7) is 5.24. The van der Waals surface area contributed by atoms with Gasteiger partial charge in [0.1, 0.15) is 0 Å². The molecule has 144 valence electrons. The molecule has 1 aromatic rings. The van der Waals surface area contributed by atoms with Gasteiger partial charge in [0, 0.05) is 7.05 Å². The summed E-state index contributed by atoms with van der Waals surface area (Å²) in [7, 11) is -1.51. The second-order valence-corrected chi connectivity index (χ2v) is 10.9. The lowest BCUT2D eigenvalue weighted by molar-refractivity contribution is 0.0693. The smallest absolute Gasteiger partial charge is 0.261 e. The van der Waals surface area contributed by atoms with Crippen molar-refractivity contribution in [3.05, 3.63) is 34.9 Å². The van der Waals surface area contributed by atoms with Gasteiger partial charge in [0.15, 0.2) is 9.84 Å². The van der Waals surface area contributed by atoms with Crippen LogP contribution < -0.4 is 0 Å². The van der Waals surface area contributed by atoms with Crippen LogP contribution in [0.3, 0.4) is 0 Å². The summed E-state index contributed by atoms with van der Waals surface area (Å²) in [6.07, 6.45) is 5.50. The number of carbonyl (C=O) groups is 2. The first-order chi connectivity index (χ1) is 12.0. The molecule has 5 nitrogen and oxygen atoms in total. The van der Waals surface area contributed by atoms with Crippen LogP contribution in [0.5, 0.6) is 0 Å². The van der Waals surface area contributed by atoms with Crippen molar-refractivity contribution in [3.8, 4) is 0 Å². The molecule has 0 saturated carbocycles. The Morgan fingerprint density at radius 3 is 2.12 bits per heavy atom. The predicted octanol–water partition coefficient (Wildman–Crippen LogP) is 3.62. The summed E-state index contributed by atoms with van der Waals surface area (Å²) in [5.41, 5.74) is 2.05. The number of imide groups is 1. The molecular weight excluding hydrogens is 350 g/mol. The summed E-state index contributed by atoms with van der Waals surface area (Å²) in [4.78, 5) is 25.0. The second kappa shape index (κ2) is 7.91. The third kappa shape index (κ3) is 4.53. The minimum atomic E-state index is -3.02. The van der Waals surface area contributed by atoms with E-state index in [0.29, 0.717) is 17.5 Å². The van der Waals surface area contributed by atoms with Gasteiger partial charge in [0.05, 0.1) is 21.6 Å². The van der Waals surface area contributed by atoms with Crippen molar-refractivity contribution >= 4 is 21.7 Å². The molecule has 0 saturated heterocycles. The number of carbonyl (C=O) groups excluding carboxylic acids is 2. The fraction of sp³-hybridized carbons (Fsp3) is 0.600. The molecule has 0 bridgehead atoms. The highest BCUT2D eigenvalue weighted by molar-refractivity contribution is 7.92. The first kappa shape index (κ1) is 20.6. The van der Waals surface area contributed by atoms with Gasteiger partial charge in [-0.15, -0.1) is 0 Å². The Morgan fingerprint density at radius 1 is 0.885 bits per heavy atom. The van der Waals surface area contributed by atoms with Crippen LogP contribution in [0.2, 0.25) is 0 Å². The van der Waals surface area contributed by atoms with Crippen LogP contribution >= 0.6 is 0 Å². The van der Waals surface area contributed by atoms with E-state index in [1.54, 1.807) is 26.8 Å². The molecule has 1 aliphatic rings. The van der Waals surface area contributed by atoms with E-state index in [0.717, 1.165) is 42.6 Å². The van der Waals surface area contributed by atoms with Crippen molar-refractivity contribution < 1.29 is 18.0 Å². The molecule has 26 heavy (non-hydrogen) atoms. The van der Waals surface area contributed by atoms with Gasteiger partial charge < -0.3 is 0 Å². The van der Waals surface area contributed by atoms with Crippen LogP contribution in [0.1, 0.15) is 79.2 Å². The highest BCUT2D eigenvalue weighted by atomic mass is 32.2. The lowest BCUT2D eigenvalue weighted by atomic mass is 10.0. The maximum absolute atomic E-state index is 12.0. The largest absolute Gasteiger partial charge is 0.277 e. The fourth-order valence-electron chi connectivity index (χ4n) is 3.02. The van der Waals surface area contributed by atoms with E-state index in [1.807, 2.05) is 12.1 Å². The zero-order valence-corrected chi connectivity index (χ0v) is 17.0. The highest BCUT2D eigenvalue weighted by Crippen LogP contribution is 2.23. The Hall–Kier alpha value is -1.69. The average Bonchev–Trinajstić information content (AvgIpc) is 2.77. The molecule has 1 aromatic carbocycles. The van der Waals surface area contributed by atoms with Gasteiger partial charge in [-0.3, -0.25) is 14.5 Å². The minimum Gasteiger partial charge on any atom is -0.277 e. The molecule has 1 aliphatic heterocycles. The van der Waals surface area contributed by atoms with E-state index in [9.17, 15) is 18.0 Å². The molecule has 0 atom stereocenters. The first-order valence-corrected chi connectivity index (χ1v) is 10.9. The molecule has 0 aromatic heterocycles. The zero-order chi connectivity index (χ0) is 19.5. The van der Waals surface area contributed by atoms with Gasteiger partial charge in [-0.2, -0.15) is 0 Å². The first-order valence-electron chi connectivity index (χ1n) is 9.22. The lowest BCUT2D eigenvalue weighted by Gasteiger charge is -2.18. The van der Waals surface area contributed by atoms with Crippen LogP contribution in [0, 0.1) is 0 Å². The molecule has 2 rings (SSSR count). The van der Waals surface area contributed by atoms with Crippen LogP contribution in [-0.2, 0) is 16.3 Å². The van der Waals surface area contributed by atoms with Crippen molar-refractivity contribution in [1.29, 1.82) is 0 Å². The molecule has 0 spiro atoms. The molecule has 6 heteroatoms. The lowest BCUT2D eigenvalue weighted by Crippen LogP contribution is -2.30. The van der Waals surface area contributed by atoms with Crippen LogP contribution in [0.15, 0.2) is 18.2 Å². The standard InChI is InChI=1S/C20H29NO4S/c1-20(2,3)26(24,25)13-9-7-5-6-8-10-15-11-12-16-17(14-15)19(23)21(4)18(16)22/h11-12,14H,5-10,13H2,1-4H3. The third-order valence-corrected chi connectivity index (χ3v) is 7.66. The number of aryl methyl sites for hydroxylation is 1.